The van der Waals surface area contributed by atoms with E-state index < -0.39 is 0 Å². The van der Waals surface area contributed by atoms with Crippen LogP contribution in [0.2, 0.25) is 0 Å². The summed E-state index contributed by atoms with van der Waals surface area (Å²) in [5.41, 5.74) is 5.61. The Morgan fingerprint density at radius 1 is 1.03 bits per heavy atom. The van der Waals surface area contributed by atoms with Gasteiger partial charge in [0.05, 0.1) is 11.1 Å². The summed E-state index contributed by atoms with van der Waals surface area (Å²) < 4.78 is 1.80. The van der Waals surface area contributed by atoms with Gasteiger partial charge in [-0.05, 0) is 56.0 Å². The fourth-order valence-corrected chi connectivity index (χ4v) is 5.99. The summed E-state index contributed by atoms with van der Waals surface area (Å²) >= 11 is 3.30. The number of rotatable bonds is 6. The standard InChI is InChI=1S/C25H26N2OS2/c1-5-8-21-18(4)22-23(30-21)26-25(29-15-19-11-6-9-16(2)13-19)27(24(22)28)20-12-7-10-17(3)14-20/h6-7,9-14H,5,8,15H2,1-4H3. The third-order valence-corrected chi connectivity index (χ3v) is 7.47. The van der Waals surface area contributed by atoms with E-state index in [1.54, 1.807) is 27.7 Å². The van der Waals surface area contributed by atoms with E-state index in [1.165, 1.54) is 16.0 Å². The van der Waals surface area contributed by atoms with Crippen molar-refractivity contribution in [2.75, 3.05) is 0 Å². The number of aryl methyl sites for hydroxylation is 4. The Bertz CT molecular complexity index is 1270. The second-order valence-corrected chi connectivity index (χ2v) is 9.76. The average molecular weight is 435 g/mol. The maximum atomic E-state index is 13.7. The highest BCUT2D eigenvalue weighted by molar-refractivity contribution is 7.98. The first kappa shape index (κ1) is 20.9. The lowest BCUT2D eigenvalue weighted by molar-refractivity contribution is 0.820. The molecule has 0 fully saturated rings. The first-order chi connectivity index (χ1) is 14.5. The molecule has 2 heterocycles. The molecule has 3 nitrogen and oxygen atoms in total. The van der Waals surface area contributed by atoms with Crippen molar-refractivity contribution in [1.29, 1.82) is 0 Å². The monoisotopic (exact) mass is 434 g/mol. The van der Waals surface area contributed by atoms with Crippen LogP contribution in [0.1, 0.15) is 40.5 Å². The molecule has 0 unspecified atom stereocenters. The Kier molecular flexibility index (Phi) is 6.11. The van der Waals surface area contributed by atoms with Gasteiger partial charge in [0.25, 0.3) is 5.56 Å². The molecular formula is C25H26N2OS2. The van der Waals surface area contributed by atoms with E-state index in [9.17, 15) is 4.79 Å². The third kappa shape index (κ3) is 4.09. The molecule has 0 aliphatic carbocycles. The number of hydrogen-bond donors (Lipinski definition) is 0. The normalized spacial score (nSPS) is 11.3. The largest absolute Gasteiger partial charge is 0.268 e. The van der Waals surface area contributed by atoms with Gasteiger partial charge in [-0.1, -0.05) is 67.1 Å². The summed E-state index contributed by atoms with van der Waals surface area (Å²) in [6.45, 7) is 8.39. The van der Waals surface area contributed by atoms with Gasteiger partial charge in [-0.15, -0.1) is 11.3 Å². The molecular weight excluding hydrogens is 408 g/mol. The highest BCUT2D eigenvalue weighted by Gasteiger charge is 2.19. The number of hydrogen-bond acceptors (Lipinski definition) is 4. The Hall–Kier alpha value is -2.37. The zero-order valence-electron chi connectivity index (χ0n) is 17.9. The molecule has 0 atom stereocenters. The summed E-state index contributed by atoms with van der Waals surface area (Å²) in [5.74, 6) is 0.775. The predicted octanol–water partition coefficient (Wildman–Crippen LogP) is 6.62. The molecule has 0 radical (unpaired) electrons. The Labute approximate surface area is 185 Å². The van der Waals surface area contributed by atoms with E-state index in [0.717, 1.165) is 50.8 Å². The molecule has 5 heteroatoms. The quantitative estimate of drug-likeness (QED) is 0.253. The van der Waals surface area contributed by atoms with Crippen LogP contribution in [-0.2, 0) is 12.2 Å². The van der Waals surface area contributed by atoms with Gasteiger partial charge in [-0.2, -0.15) is 0 Å². The van der Waals surface area contributed by atoms with E-state index in [4.69, 9.17) is 4.98 Å². The topological polar surface area (TPSA) is 34.9 Å². The number of aromatic nitrogens is 2. The predicted molar refractivity (Wildman–Crippen MR) is 129 cm³/mol. The summed E-state index contributed by atoms with van der Waals surface area (Å²) in [6, 6.07) is 16.6. The van der Waals surface area contributed by atoms with Gasteiger partial charge >= 0.3 is 0 Å². The molecule has 30 heavy (non-hydrogen) atoms. The van der Waals surface area contributed by atoms with E-state index in [1.807, 2.05) is 12.1 Å². The molecule has 4 rings (SSSR count). The van der Waals surface area contributed by atoms with Gasteiger partial charge in [-0.25, -0.2) is 4.98 Å². The first-order valence-electron chi connectivity index (χ1n) is 10.3. The van der Waals surface area contributed by atoms with Crippen LogP contribution in [-0.4, -0.2) is 9.55 Å². The van der Waals surface area contributed by atoms with E-state index in [2.05, 4.69) is 64.1 Å². The maximum absolute atomic E-state index is 13.7. The lowest BCUT2D eigenvalue weighted by Crippen LogP contribution is -2.21. The van der Waals surface area contributed by atoms with E-state index in [-0.39, 0.29) is 5.56 Å². The second kappa shape index (κ2) is 8.78. The second-order valence-electron chi connectivity index (χ2n) is 7.73. The minimum Gasteiger partial charge on any atom is -0.268 e. The van der Waals surface area contributed by atoms with Crippen LogP contribution >= 0.6 is 23.1 Å². The Balaban J connectivity index is 1.88. The molecule has 4 aromatic rings. The van der Waals surface area contributed by atoms with Crippen molar-refractivity contribution < 1.29 is 0 Å². The van der Waals surface area contributed by atoms with Gasteiger partial charge in [0.1, 0.15) is 4.83 Å². The molecule has 0 saturated carbocycles. The van der Waals surface area contributed by atoms with Gasteiger partial charge in [-0.3, -0.25) is 9.36 Å². The number of fused-ring (bicyclic) bond motifs is 1. The molecule has 0 amide bonds. The minimum atomic E-state index is 0.0356. The van der Waals surface area contributed by atoms with Crippen LogP contribution in [0, 0.1) is 20.8 Å². The fourth-order valence-electron chi connectivity index (χ4n) is 3.72. The van der Waals surface area contributed by atoms with Crippen LogP contribution in [0.15, 0.2) is 58.5 Å². The van der Waals surface area contributed by atoms with Crippen LogP contribution in [0.4, 0.5) is 0 Å². The molecule has 0 N–H and O–H groups in total. The van der Waals surface area contributed by atoms with Crippen LogP contribution in [0.3, 0.4) is 0 Å². The maximum Gasteiger partial charge on any atom is 0.267 e. The number of thioether (sulfide) groups is 1. The lowest BCUT2D eigenvalue weighted by Gasteiger charge is -2.13. The van der Waals surface area contributed by atoms with E-state index in [0.29, 0.717) is 0 Å². The van der Waals surface area contributed by atoms with Crippen molar-refractivity contribution in [3.05, 3.63) is 86.0 Å². The third-order valence-electron chi connectivity index (χ3n) is 5.22. The molecule has 2 aromatic carbocycles. The average Bonchev–Trinajstić information content (AvgIpc) is 3.02. The number of thiophene rings is 1. The molecule has 0 saturated heterocycles. The van der Waals surface area contributed by atoms with Crippen LogP contribution in [0.25, 0.3) is 15.9 Å². The fraction of sp³-hybridized carbons (Fsp3) is 0.280. The summed E-state index contributed by atoms with van der Waals surface area (Å²) in [6.07, 6.45) is 2.05. The first-order valence-corrected chi connectivity index (χ1v) is 12.1. The molecule has 2 aromatic heterocycles. The molecule has 0 spiro atoms. The van der Waals surface area contributed by atoms with Gasteiger partial charge in [0, 0.05) is 10.6 Å². The molecule has 0 aliphatic heterocycles. The SMILES string of the molecule is CCCc1sc2nc(SCc3cccc(C)c3)n(-c3cccc(C)c3)c(=O)c2c1C. The summed E-state index contributed by atoms with van der Waals surface area (Å²) in [7, 11) is 0. The van der Waals surface area contributed by atoms with Crippen molar-refractivity contribution in [2.45, 2.75) is 51.4 Å². The zero-order valence-corrected chi connectivity index (χ0v) is 19.5. The highest BCUT2D eigenvalue weighted by atomic mass is 32.2. The van der Waals surface area contributed by atoms with Gasteiger partial charge < -0.3 is 0 Å². The van der Waals surface area contributed by atoms with Crippen molar-refractivity contribution in [2.24, 2.45) is 0 Å². The van der Waals surface area contributed by atoms with Crippen molar-refractivity contribution in [3.8, 4) is 5.69 Å². The van der Waals surface area contributed by atoms with Crippen LogP contribution in [0.5, 0.6) is 0 Å². The summed E-state index contributed by atoms with van der Waals surface area (Å²) in [5, 5.41) is 1.52. The van der Waals surface area contributed by atoms with Gasteiger partial charge in [0.15, 0.2) is 5.16 Å². The highest BCUT2D eigenvalue weighted by Crippen LogP contribution is 2.32. The molecule has 154 valence electrons. The smallest absolute Gasteiger partial charge is 0.267 e. The van der Waals surface area contributed by atoms with Crippen molar-refractivity contribution in [3.63, 3.8) is 0 Å². The van der Waals surface area contributed by atoms with Crippen molar-refractivity contribution >= 4 is 33.3 Å². The van der Waals surface area contributed by atoms with Crippen molar-refractivity contribution in [1.82, 2.24) is 9.55 Å². The summed E-state index contributed by atoms with van der Waals surface area (Å²) in [4.78, 5) is 20.8. The molecule has 0 aliphatic rings. The Morgan fingerprint density at radius 3 is 2.47 bits per heavy atom. The Morgan fingerprint density at radius 2 is 1.77 bits per heavy atom. The zero-order chi connectivity index (χ0) is 21.3. The number of nitrogens with zero attached hydrogens (tertiary/aromatic N) is 2. The van der Waals surface area contributed by atoms with E-state index >= 15 is 0 Å². The number of benzene rings is 2. The molecule has 0 bridgehead atoms. The lowest BCUT2D eigenvalue weighted by atomic mass is 10.1. The minimum absolute atomic E-state index is 0.0356. The van der Waals surface area contributed by atoms with Crippen LogP contribution < -0.4 is 5.56 Å². The van der Waals surface area contributed by atoms with Gasteiger partial charge in [0.2, 0.25) is 0 Å².